The van der Waals surface area contributed by atoms with Crippen LogP contribution < -0.4 is 5.32 Å². The number of hydrogen-bond donors (Lipinski definition) is 2. The van der Waals surface area contributed by atoms with Crippen molar-refractivity contribution in [1.82, 2.24) is 5.32 Å². The van der Waals surface area contributed by atoms with Gasteiger partial charge in [-0.1, -0.05) is 43.5 Å². The van der Waals surface area contributed by atoms with Gasteiger partial charge >= 0.3 is 5.97 Å². The van der Waals surface area contributed by atoms with Crippen molar-refractivity contribution in [3.05, 3.63) is 82.6 Å². The van der Waals surface area contributed by atoms with Crippen molar-refractivity contribution in [1.29, 1.82) is 10.5 Å². The summed E-state index contributed by atoms with van der Waals surface area (Å²) in [6.07, 6.45) is 10.2. The first kappa shape index (κ1) is 32.6. The Labute approximate surface area is 257 Å². The number of allylic oxidation sites excluding steroid dienone is 2. The fourth-order valence-corrected chi connectivity index (χ4v) is 7.24. The molecule has 2 N–H and O–H groups in total. The molecule has 0 saturated heterocycles. The molecule has 0 bridgehead atoms. The Morgan fingerprint density at radius 2 is 1.14 bits per heavy atom. The van der Waals surface area contributed by atoms with E-state index in [2.05, 4.69) is 5.32 Å². The molecule has 44 heavy (non-hydrogen) atoms. The summed E-state index contributed by atoms with van der Waals surface area (Å²) in [5.41, 5.74) is 0.139. The van der Waals surface area contributed by atoms with Gasteiger partial charge in [0.1, 0.15) is 0 Å². The van der Waals surface area contributed by atoms with E-state index in [0.717, 1.165) is 54.2 Å². The van der Waals surface area contributed by atoms with Crippen LogP contribution >= 0.6 is 0 Å². The molecule has 0 atom stereocenters. The van der Waals surface area contributed by atoms with Gasteiger partial charge in [0.2, 0.25) is 25.6 Å². The number of hydrogen-bond acceptors (Lipinski definition) is 8. The van der Waals surface area contributed by atoms with E-state index in [9.17, 15) is 26.4 Å². The fourth-order valence-electron chi connectivity index (χ4n) is 5.42. The lowest BCUT2D eigenvalue weighted by atomic mass is 9.92. The van der Waals surface area contributed by atoms with Crippen LogP contribution in [-0.4, -0.2) is 39.9 Å². The Hall–Kier alpha value is -4.26. The number of carbonyl (C=O) groups is 2. The van der Waals surface area contributed by atoms with E-state index in [0.29, 0.717) is 18.4 Å². The molecule has 2 aromatic carbocycles. The third kappa shape index (κ3) is 7.26. The molecule has 0 aromatic heterocycles. The summed E-state index contributed by atoms with van der Waals surface area (Å²) in [6.45, 7) is 0. The van der Waals surface area contributed by atoms with Gasteiger partial charge in [0, 0.05) is 29.0 Å². The molecule has 1 amide bonds. The molecule has 2 aromatic rings. The number of carbonyl (C=O) groups excluding carboxylic acids is 1. The highest BCUT2D eigenvalue weighted by molar-refractivity contribution is 7.94. The van der Waals surface area contributed by atoms with Crippen LogP contribution in [0.25, 0.3) is 0 Å². The van der Waals surface area contributed by atoms with Gasteiger partial charge in [0.15, 0.2) is 0 Å². The Kier molecular flexibility index (Phi) is 9.77. The summed E-state index contributed by atoms with van der Waals surface area (Å²) >= 11 is 0. The topological polar surface area (TPSA) is 182 Å². The van der Waals surface area contributed by atoms with Crippen molar-refractivity contribution in [3.8, 4) is 12.1 Å². The number of carboxylic acids is 1. The third-order valence-electron chi connectivity index (χ3n) is 8.40. The predicted octanol–water partition coefficient (Wildman–Crippen LogP) is 4.59. The predicted molar refractivity (Wildman–Crippen MR) is 161 cm³/mol. The van der Waals surface area contributed by atoms with Crippen LogP contribution in [0, 0.1) is 22.7 Å². The van der Waals surface area contributed by atoms with Gasteiger partial charge in [-0.3, -0.25) is 9.59 Å². The number of benzene rings is 2. The molecule has 230 valence electrons. The average molecular weight is 636 g/mol. The van der Waals surface area contributed by atoms with Crippen molar-refractivity contribution in [2.45, 2.75) is 84.5 Å². The lowest BCUT2D eigenvalue weighted by molar-refractivity contribution is -0.140. The van der Waals surface area contributed by atoms with Gasteiger partial charge < -0.3 is 10.4 Å². The van der Waals surface area contributed by atoms with E-state index in [1.165, 1.54) is 55.7 Å². The zero-order valence-corrected chi connectivity index (χ0v) is 25.6. The zero-order chi connectivity index (χ0) is 32.0. The number of nitrogens with one attached hydrogen (secondary N) is 1. The number of rotatable bonds is 9. The van der Waals surface area contributed by atoms with Crippen LogP contribution in [0.3, 0.4) is 0 Å². The number of nitriles is 2. The highest BCUT2D eigenvalue weighted by Gasteiger charge is 2.52. The van der Waals surface area contributed by atoms with Gasteiger partial charge in [-0.2, -0.15) is 10.5 Å². The largest absolute Gasteiger partial charge is 0.481 e. The van der Waals surface area contributed by atoms with Crippen LogP contribution in [0.4, 0.5) is 0 Å². The van der Waals surface area contributed by atoms with Gasteiger partial charge in [-0.15, -0.1) is 0 Å². The van der Waals surface area contributed by atoms with Crippen LogP contribution in [0.1, 0.15) is 68.9 Å². The molecule has 12 heteroatoms. The van der Waals surface area contributed by atoms with E-state index in [4.69, 9.17) is 15.6 Å². The standard InChI is InChI=1S/C19H22N2O3S.C13H11NO4S/c20-13-4-14-25(23,24)17-9-7-15(8-10-17)19(11-12-19)18(22)21-16-5-2-1-3-6-16;14-8-1-9-19(17,18)11-4-2-10(3-5-11)13(6-7-13)12(15)16/h4,7-10,14,16H,1-3,5-6,11-12H2,(H,21,22);1-5,9H,6-7H2,(H,15,16)/b14-4+;9-1+. The second-order valence-corrected chi connectivity index (χ2v) is 14.9. The molecule has 3 fully saturated rings. The Balaban J connectivity index is 0.000000209. The number of amides is 1. The van der Waals surface area contributed by atoms with E-state index in [-0.39, 0.29) is 21.7 Å². The smallest absolute Gasteiger partial charge is 0.314 e. The Morgan fingerprint density at radius 3 is 1.50 bits per heavy atom. The molecule has 0 radical (unpaired) electrons. The van der Waals surface area contributed by atoms with Gasteiger partial charge in [-0.05, 0) is 73.9 Å². The fraction of sp³-hybridized carbons (Fsp3) is 0.375. The van der Waals surface area contributed by atoms with Crippen LogP contribution in [0.15, 0.2) is 81.3 Å². The molecular formula is C32H33N3O7S2. The molecule has 5 rings (SSSR count). The molecule has 0 aliphatic heterocycles. The highest BCUT2D eigenvalue weighted by Crippen LogP contribution is 2.49. The van der Waals surface area contributed by atoms with Gasteiger partial charge in [0.25, 0.3) is 0 Å². The SMILES string of the molecule is N#C/C=C/S(=O)(=O)c1ccc(C2(C(=O)NC3CCCCC3)CC2)cc1.N#C/C=C/S(=O)(=O)c1ccc(C2(C(=O)O)CC2)cc1. The maximum absolute atomic E-state index is 12.7. The first-order valence-electron chi connectivity index (χ1n) is 14.3. The summed E-state index contributed by atoms with van der Waals surface area (Å²) in [4.78, 5) is 24.1. The van der Waals surface area contributed by atoms with Crippen LogP contribution in [0.2, 0.25) is 0 Å². The number of nitrogens with zero attached hydrogens (tertiary/aromatic N) is 2. The van der Waals surface area contributed by atoms with Crippen molar-refractivity contribution >= 4 is 31.6 Å². The van der Waals surface area contributed by atoms with E-state index in [1.807, 2.05) is 0 Å². The maximum atomic E-state index is 12.7. The molecule has 0 spiro atoms. The minimum atomic E-state index is -3.64. The van der Waals surface area contributed by atoms with Crippen molar-refractivity contribution in [2.75, 3.05) is 0 Å². The van der Waals surface area contributed by atoms with Crippen molar-refractivity contribution in [3.63, 3.8) is 0 Å². The van der Waals surface area contributed by atoms with Gasteiger partial charge in [0.05, 0.1) is 32.8 Å². The average Bonchev–Trinajstić information content (AvgIpc) is 3.95. The molecule has 0 unspecified atom stereocenters. The minimum absolute atomic E-state index is 0.0453. The molecule has 10 nitrogen and oxygen atoms in total. The molecular weight excluding hydrogens is 603 g/mol. The van der Waals surface area contributed by atoms with E-state index >= 15 is 0 Å². The van der Waals surface area contributed by atoms with Gasteiger partial charge in [-0.25, -0.2) is 16.8 Å². The van der Waals surface area contributed by atoms with E-state index < -0.39 is 36.5 Å². The second kappa shape index (κ2) is 13.2. The second-order valence-electron chi connectivity index (χ2n) is 11.3. The quantitative estimate of drug-likeness (QED) is 0.372. The monoisotopic (exact) mass is 635 g/mol. The Bertz CT molecular complexity index is 1750. The van der Waals surface area contributed by atoms with Crippen LogP contribution in [0.5, 0.6) is 0 Å². The lowest BCUT2D eigenvalue weighted by Gasteiger charge is -2.25. The minimum Gasteiger partial charge on any atom is -0.481 e. The molecule has 0 heterocycles. The summed E-state index contributed by atoms with van der Waals surface area (Å²) in [6, 6.07) is 15.8. The van der Waals surface area contributed by atoms with Crippen LogP contribution in [-0.2, 0) is 40.1 Å². The summed E-state index contributed by atoms with van der Waals surface area (Å²) in [7, 11) is -7.25. The maximum Gasteiger partial charge on any atom is 0.314 e. The highest BCUT2D eigenvalue weighted by atomic mass is 32.2. The summed E-state index contributed by atoms with van der Waals surface area (Å²) < 4.78 is 47.6. The van der Waals surface area contributed by atoms with Crippen molar-refractivity contribution < 1.29 is 31.5 Å². The van der Waals surface area contributed by atoms with Crippen molar-refractivity contribution in [2.24, 2.45) is 0 Å². The third-order valence-corrected chi connectivity index (χ3v) is 11.2. The number of carboxylic acid groups (broad SMARTS) is 1. The Morgan fingerprint density at radius 1 is 0.727 bits per heavy atom. The first-order chi connectivity index (χ1) is 20.9. The number of sulfone groups is 2. The summed E-state index contributed by atoms with van der Waals surface area (Å²) in [5, 5.41) is 30.9. The lowest BCUT2D eigenvalue weighted by Crippen LogP contribution is -2.42. The zero-order valence-electron chi connectivity index (χ0n) is 24.0. The van der Waals surface area contributed by atoms with E-state index in [1.54, 1.807) is 24.3 Å². The molecule has 3 saturated carbocycles. The molecule has 3 aliphatic rings. The normalized spacial score (nSPS) is 18.8. The molecule has 3 aliphatic carbocycles. The summed E-state index contributed by atoms with van der Waals surface area (Å²) in [5.74, 6) is -0.813. The first-order valence-corrected chi connectivity index (χ1v) is 17.4. The number of aliphatic carboxylic acids is 1.